The molecule has 1 rings (SSSR count). The number of aromatic nitrogens is 2. The molecule has 6 heteroatoms. The summed E-state index contributed by atoms with van der Waals surface area (Å²) in [6.45, 7) is 2.40. The highest BCUT2D eigenvalue weighted by molar-refractivity contribution is 5.72. The number of amides is 1. The van der Waals surface area contributed by atoms with Gasteiger partial charge in [0.2, 0.25) is 5.91 Å². The van der Waals surface area contributed by atoms with E-state index in [2.05, 4.69) is 20.6 Å². The van der Waals surface area contributed by atoms with E-state index >= 15 is 0 Å². The first-order chi connectivity index (χ1) is 6.68. The molecule has 2 N–H and O–H groups in total. The van der Waals surface area contributed by atoms with Crippen LogP contribution < -0.4 is 10.6 Å². The topological polar surface area (TPSA) is 66.9 Å². The van der Waals surface area contributed by atoms with E-state index in [9.17, 15) is 9.18 Å². The lowest BCUT2D eigenvalue weighted by Gasteiger charge is -2.04. The number of anilines is 1. The summed E-state index contributed by atoms with van der Waals surface area (Å²) in [5.41, 5.74) is 0. The van der Waals surface area contributed by atoms with Gasteiger partial charge >= 0.3 is 6.08 Å². The molecule has 14 heavy (non-hydrogen) atoms. The van der Waals surface area contributed by atoms with Crippen LogP contribution in [-0.4, -0.2) is 29.0 Å². The van der Waals surface area contributed by atoms with E-state index in [1.807, 2.05) is 0 Å². The van der Waals surface area contributed by atoms with Crippen LogP contribution in [0.2, 0.25) is 0 Å². The van der Waals surface area contributed by atoms with Crippen molar-refractivity contribution in [3.05, 3.63) is 18.3 Å². The van der Waals surface area contributed by atoms with Crippen molar-refractivity contribution in [2.45, 2.75) is 6.92 Å². The van der Waals surface area contributed by atoms with E-state index in [4.69, 9.17) is 0 Å². The molecular weight excluding hydrogens is 187 g/mol. The third-order valence-electron chi connectivity index (χ3n) is 1.43. The maximum atomic E-state index is 12.5. The third-order valence-corrected chi connectivity index (χ3v) is 1.43. The molecule has 0 atom stereocenters. The number of carbonyl (C=O) groups excluding carboxylic acids is 1. The molecule has 1 heterocycles. The largest absolute Gasteiger partial charge is 0.368 e. The zero-order valence-electron chi connectivity index (χ0n) is 7.75. The van der Waals surface area contributed by atoms with Crippen LogP contribution in [0.25, 0.3) is 0 Å². The van der Waals surface area contributed by atoms with Crippen LogP contribution >= 0.6 is 0 Å². The van der Waals surface area contributed by atoms with Gasteiger partial charge in [0.25, 0.3) is 0 Å². The molecule has 0 bridgehead atoms. The fraction of sp³-hybridized carbons (Fsp3) is 0.375. The minimum absolute atomic E-state index is 0.0966. The highest BCUT2D eigenvalue weighted by atomic mass is 19.1. The van der Waals surface area contributed by atoms with E-state index in [0.717, 1.165) is 0 Å². The summed E-state index contributed by atoms with van der Waals surface area (Å²) >= 11 is 0. The van der Waals surface area contributed by atoms with E-state index < -0.39 is 6.08 Å². The highest BCUT2D eigenvalue weighted by Gasteiger charge is 1.96. The number of rotatable bonds is 4. The summed E-state index contributed by atoms with van der Waals surface area (Å²) in [6.07, 6.45) is 0.554. The van der Waals surface area contributed by atoms with Gasteiger partial charge in [-0.05, 0) is 6.07 Å². The minimum atomic E-state index is -0.769. The predicted octanol–water partition coefficient (Wildman–Crippen LogP) is 0.164. The Labute approximate surface area is 80.8 Å². The Morgan fingerprint density at radius 2 is 2.36 bits per heavy atom. The van der Waals surface area contributed by atoms with Gasteiger partial charge in [-0.15, -0.1) is 0 Å². The fourth-order valence-corrected chi connectivity index (χ4v) is 0.862. The first-order valence-electron chi connectivity index (χ1n) is 4.15. The standard InChI is InChI=1S/C8H11FN4O/c1-6(14)10-4-5-11-7-2-3-12-8(9)13-7/h2-3H,4-5H2,1H3,(H,10,14)(H,11,12,13). The number of hydrogen-bond donors (Lipinski definition) is 2. The summed E-state index contributed by atoms with van der Waals surface area (Å²) in [4.78, 5) is 17.3. The molecule has 0 aliphatic carbocycles. The molecule has 0 radical (unpaired) electrons. The monoisotopic (exact) mass is 198 g/mol. The van der Waals surface area contributed by atoms with E-state index in [-0.39, 0.29) is 5.91 Å². The van der Waals surface area contributed by atoms with Gasteiger partial charge in [-0.2, -0.15) is 9.37 Å². The zero-order valence-corrected chi connectivity index (χ0v) is 7.75. The van der Waals surface area contributed by atoms with Crippen molar-refractivity contribution in [2.75, 3.05) is 18.4 Å². The Hall–Kier alpha value is -1.72. The summed E-state index contributed by atoms with van der Waals surface area (Å²) in [5.74, 6) is 0.309. The SMILES string of the molecule is CC(=O)NCCNc1ccnc(F)n1. The molecule has 1 amide bonds. The molecule has 76 valence electrons. The second-order valence-electron chi connectivity index (χ2n) is 2.62. The van der Waals surface area contributed by atoms with Gasteiger partial charge in [0.1, 0.15) is 5.82 Å². The first-order valence-corrected chi connectivity index (χ1v) is 4.15. The van der Waals surface area contributed by atoms with Crippen molar-refractivity contribution in [2.24, 2.45) is 0 Å². The summed E-state index contributed by atoms with van der Waals surface area (Å²) in [7, 11) is 0. The molecular formula is C8H11FN4O. The number of halogens is 1. The summed E-state index contributed by atoms with van der Waals surface area (Å²) in [6, 6.07) is 1.55. The Bertz CT molecular complexity index is 318. The quantitative estimate of drug-likeness (QED) is 0.534. The van der Waals surface area contributed by atoms with Gasteiger partial charge in [0.15, 0.2) is 0 Å². The van der Waals surface area contributed by atoms with E-state index in [1.165, 1.54) is 13.1 Å². The van der Waals surface area contributed by atoms with Crippen molar-refractivity contribution in [1.29, 1.82) is 0 Å². The molecule has 0 saturated carbocycles. The van der Waals surface area contributed by atoms with Crippen LogP contribution in [0.4, 0.5) is 10.2 Å². The van der Waals surface area contributed by atoms with Crippen molar-refractivity contribution < 1.29 is 9.18 Å². The van der Waals surface area contributed by atoms with E-state index in [1.54, 1.807) is 6.07 Å². The number of carbonyl (C=O) groups is 1. The molecule has 1 aromatic rings. The number of nitrogens with one attached hydrogen (secondary N) is 2. The Morgan fingerprint density at radius 3 is 3.00 bits per heavy atom. The van der Waals surface area contributed by atoms with Crippen LogP contribution in [-0.2, 0) is 4.79 Å². The van der Waals surface area contributed by atoms with Crippen molar-refractivity contribution in [3.63, 3.8) is 0 Å². The maximum absolute atomic E-state index is 12.5. The Morgan fingerprint density at radius 1 is 1.57 bits per heavy atom. The molecule has 0 aliphatic heterocycles. The zero-order chi connectivity index (χ0) is 10.4. The number of nitrogens with zero attached hydrogens (tertiary/aromatic N) is 2. The summed E-state index contributed by atoms with van der Waals surface area (Å²) in [5, 5.41) is 5.43. The van der Waals surface area contributed by atoms with Gasteiger partial charge in [0, 0.05) is 26.2 Å². The van der Waals surface area contributed by atoms with Gasteiger partial charge in [-0.1, -0.05) is 0 Å². The molecule has 0 fully saturated rings. The van der Waals surface area contributed by atoms with Crippen LogP contribution in [0.1, 0.15) is 6.92 Å². The molecule has 0 aromatic carbocycles. The molecule has 5 nitrogen and oxygen atoms in total. The molecule has 0 unspecified atom stereocenters. The van der Waals surface area contributed by atoms with Gasteiger partial charge in [0.05, 0.1) is 0 Å². The van der Waals surface area contributed by atoms with Crippen LogP contribution in [0.5, 0.6) is 0 Å². The number of hydrogen-bond acceptors (Lipinski definition) is 4. The van der Waals surface area contributed by atoms with Crippen molar-refractivity contribution >= 4 is 11.7 Å². The van der Waals surface area contributed by atoms with Crippen LogP contribution in [0.3, 0.4) is 0 Å². The molecule has 0 saturated heterocycles. The molecule has 1 aromatic heterocycles. The lowest BCUT2D eigenvalue weighted by Crippen LogP contribution is -2.26. The fourth-order valence-electron chi connectivity index (χ4n) is 0.862. The average molecular weight is 198 g/mol. The Balaban J connectivity index is 2.28. The van der Waals surface area contributed by atoms with Crippen molar-refractivity contribution in [3.8, 4) is 0 Å². The van der Waals surface area contributed by atoms with Crippen LogP contribution in [0, 0.1) is 6.08 Å². The first kappa shape index (κ1) is 10.4. The second kappa shape index (κ2) is 5.11. The Kier molecular flexibility index (Phi) is 3.78. The lowest BCUT2D eigenvalue weighted by molar-refractivity contribution is -0.118. The predicted molar refractivity (Wildman–Crippen MR) is 49.2 cm³/mol. The van der Waals surface area contributed by atoms with Gasteiger partial charge < -0.3 is 10.6 Å². The second-order valence-corrected chi connectivity index (χ2v) is 2.62. The van der Waals surface area contributed by atoms with Gasteiger partial charge in [-0.25, -0.2) is 4.98 Å². The smallest absolute Gasteiger partial charge is 0.310 e. The normalized spacial score (nSPS) is 9.57. The highest BCUT2D eigenvalue weighted by Crippen LogP contribution is 1.98. The molecule has 0 aliphatic rings. The maximum Gasteiger partial charge on any atom is 0.310 e. The van der Waals surface area contributed by atoms with Gasteiger partial charge in [-0.3, -0.25) is 4.79 Å². The van der Waals surface area contributed by atoms with Crippen molar-refractivity contribution in [1.82, 2.24) is 15.3 Å². The minimum Gasteiger partial charge on any atom is -0.368 e. The van der Waals surface area contributed by atoms with Crippen LogP contribution in [0.15, 0.2) is 12.3 Å². The lowest BCUT2D eigenvalue weighted by atomic mass is 10.5. The average Bonchev–Trinajstić information content (AvgIpc) is 2.12. The third kappa shape index (κ3) is 3.79. The summed E-state index contributed by atoms with van der Waals surface area (Å²) < 4.78 is 12.5. The van der Waals surface area contributed by atoms with E-state index in [0.29, 0.717) is 18.9 Å². The molecule has 0 spiro atoms.